The van der Waals surface area contributed by atoms with Crippen molar-refractivity contribution in [2.75, 3.05) is 0 Å². The highest BCUT2D eigenvalue weighted by molar-refractivity contribution is 6.63. The number of halogens is 1. The van der Waals surface area contributed by atoms with Crippen molar-refractivity contribution >= 4 is 16.8 Å². The summed E-state index contributed by atoms with van der Waals surface area (Å²) in [5.74, 6) is 0. The SMILES string of the molecule is CC/C=C\CCC(=O)Cl. The Balaban J connectivity index is 3.09. The highest BCUT2D eigenvalue weighted by Gasteiger charge is 1.89. The molecule has 0 atom stereocenters. The van der Waals surface area contributed by atoms with Crippen LogP contribution in [0.4, 0.5) is 0 Å². The predicted molar refractivity (Wildman–Crippen MR) is 39.5 cm³/mol. The van der Waals surface area contributed by atoms with Gasteiger partial charge in [-0.05, 0) is 24.4 Å². The third kappa shape index (κ3) is 7.70. The van der Waals surface area contributed by atoms with Gasteiger partial charge in [-0.2, -0.15) is 0 Å². The first kappa shape index (κ1) is 8.70. The van der Waals surface area contributed by atoms with Gasteiger partial charge in [-0.15, -0.1) is 0 Å². The van der Waals surface area contributed by atoms with Gasteiger partial charge in [-0.25, -0.2) is 0 Å². The Kier molecular flexibility index (Phi) is 5.64. The van der Waals surface area contributed by atoms with Crippen molar-refractivity contribution in [3.63, 3.8) is 0 Å². The number of allylic oxidation sites excluding steroid dienone is 2. The third-order valence-corrected chi connectivity index (χ3v) is 1.10. The smallest absolute Gasteiger partial charge is 0.221 e. The zero-order valence-electron chi connectivity index (χ0n) is 5.56. The van der Waals surface area contributed by atoms with Gasteiger partial charge in [0.25, 0.3) is 0 Å². The largest absolute Gasteiger partial charge is 0.281 e. The molecule has 0 radical (unpaired) electrons. The van der Waals surface area contributed by atoms with Crippen LogP contribution in [0.25, 0.3) is 0 Å². The maximum Gasteiger partial charge on any atom is 0.221 e. The van der Waals surface area contributed by atoms with E-state index < -0.39 is 0 Å². The van der Waals surface area contributed by atoms with Crippen LogP contribution in [-0.2, 0) is 4.79 Å². The fourth-order valence-corrected chi connectivity index (χ4v) is 0.590. The third-order valence-electron chi connectivity index (χ3n) is 0.910. The average molecular weight is 147 g/mol. The molecule has 0 fully saturated rings. The lowest BCUT2D eigenvalue weighted by molar-refractivity contribution is -0.111. The molecule has 0 unspecified atom stereocenters. The molecule has 0 aromatic rings. The minimum absolute atomic E-state index is 0.254. The zero-order chi connectivity index (χ0) is 7.11. The van der Waals surface area contributed by atoms with Gasteiger partial charge in [0.05, 0.1) is 0 Å². The van der Waals surface area contributed by atoms with Crippen LogP contribution in [-0.4, -0.2) is 5.24 Å². The summed E-state index contributed by atoms with van der Waals surface area (Å²) in [5, 5.41) is -0.254. The number of rotatable bonds is 4. The van der Waals surface area contributed by atoms with Crippen molar-refractivity contribution in [1.29, 1.82) is 0 Å². The fourth-order valence-electron chi connectivity index (χ4n) is 0.481. The van der Waals surface area contributed by atoms with Gasteiger partial charge < -0.3 is 0 Å². The van der Waals surface area contributed by atoms with Crippen molar-refractivity contribution in [1.82, 2.24) is 0 Å². The van der Waals surface area contributed by atoms with E-state index in [-0.39, 0.29) is 5.24 Å². The summed E-state index contributed by atoms with van der Waals surface area (Å²) < 4.78 is 0. The highest BCUT2D eigenvalue weighted by atomic mass is 35.5. The Hall–Kier alpha value is -0.300. The normalized spacial score (nSPS) is 10.4. The minimum Gasteiger partial charge on any atom is -0.281 e. The van der Waals surface area contributed by atoms with Gasteiger partial charge >= 0.3 is 0 Å². The Bertz CT molecular complexity index is 107. The van der Waals surface area contributed by atoms with E-state index in [1.54, 1.807) is 0 Å². The van der Waals surface area contributed by atoms with Crippen molar-refractivity contribution < 1.29 is 4.79 Å². The molecule has 52 valence electrons. The first-order chi connectivity index (χ1) is 4.27. The molecular weight excluding hydrogens is 136 g/mol. The lowest BCUT2D eigenvalue weighted by atomic mass is 10.3. The second-order valence-electron chi connectivity index (χ2n) is 1.77. The maximum absolute atomic E-state index is 10.1. The summed E-state index contributed by atoms with van der Waals surface area (Å²) in [6.45, 7) is 2.05. The molecule has 0 bridgehead atoms. The maximum atomic E-state index is 10.1. The number of carbonyl (C=O) groups is 1. The second-order valence-corrected chi connectivity index (χ2v) is 2.20. The van der Waals surface area contributed by atoms with Gasteiger partial charge in [0, 0.05) is 6.42 Å². The molecule has 2 heteroatoms. The van der Waals surface area contributed by atoms with Gasteiger partial charge in [0.2, 0.25) is 5.24 Å². The average Bonchev–Trinajstić information content (AvgIpc) is 1.80. The molecule has 1 nitrogen and oxygen atoms in total. The number of hydrogen-bond acceptors (Lipinski definition) is 1. The molecule has 0 aliphatic carbocycles. The van der Waals surface area contributed by atoms with Crippen molar-refractivity contribution in [2.24, 2.45) is 0 Å². The highest BCUT2D eigenvalue weighted by Crippen LogP contribution is 1.95. The molecule has 0 spiro atoms. The standard InChI is InChI=1S/C7H11ClO/c1-2-3-4-5-6-7(8)9/h3-4H,2,5-6H2,1H3/b4-3-. The quantitative estimate of drug-likeness (QED) is 0.440. The molecule has 0 saturated heterocycles. The Morgan fingerprint density at radius 2 is 2.22 bits per heavy atom. The summed E-state index contributed by atoms with van der Waals surface area (Å²) in [6.07, 6.45) is 6.25. The van der Waals surface area contributed by atoms with E-state index in [9.17, 15) is 4.79 Å². The number of carbonyl (C=O) groups excluding carboxylic acids is 1. The zero-order valence-corrected chi connectivity index (χ0v) is 6.32. The molecule has 0 amide bonds. The van der Waals surface area contributed by atoms with E-state index in [0.717, 1.165) is 12.8 Å². The summed E-state index contributed by atoms with van der Waals surface area (Å²) in [7, 11) is 0. The summed E-state index contributed by atoms with van der Waals surface area (Å²) in [5.41, 5.74) is 0. The van der Waals surface area contributed by atoms with E-state index in [1.165, 1.54) is 0 Å². The van der Waals surface area contributed by atoms with Crippen LogP contribution < -0.4 is 0 Å². The van der Waals surface area contributed by atoms with Crippen molar-refractivity contribution in [2.45, 2.75) is 26.2 Å². The Morgan fingerprint density at radius 1 is 1.56 bits per heavy atom. The van der Waals surface area contributed by atoms with Gasteiger partial charge in [-0.1, -0.05) is 19.1 Å². The van der Waals surface area contributed by atoms with Crippen LogP contribution in [0.1, 0.15) is 26.2 Å². The summed E-state index contributed by atoms with van der Waals surface area (Å²) in [4.78, 5) is 10.1. The first-order valence-electron chi connectivity index (χ1n) is 3.10. The van der Waals surface area contributed by atoms with Crippen LogP contribution in [0, 0.1) is 0 Å². The van der Waals surface area contributed by atoms with E-state index in [2.05, 4.69) is 6.92 Å². The van der Waals surface area contributed by atoms with Crippen LogP contribution in [0.5, 0.6) is 0 Å². The lowest BCUT2D eigenvalue weighted by Gasteiger charge is -1.84. The molecule has 0 N–H and O–H groups in total. The van der Waals surface area contributed by atoms with Crippen molar-refractivity contribution in [3.8, 4) is 0 Å². The van der Waals surface area contributed by atoms with Crippen molar-refractivity contribution in [3.05, 3.63) is 12.2 Å². The molecule has 0 saturated carbocycles. The van der Waals surface area contributed by atoms with Gasteiger partial charge in [0.1, 0.15) is 0 Å². The first-order valence-corrected chi connectivity index (χ1v) is 3.48. The fraction of sp³-hybridized carbons (Fsp3) is 0.571. The van der Waals surface area contributed by atoms with E-state index in [1.807, 2.05) is 12.2 Å². The molecular formula is C7H11ClO. The van der Waals surface area contributed by atoms with E-state index >= 15 is 0 Å². The predicted octanol–water partition coefficient (Wildman–Crippen LogP) is 2.50. The number of hydrogen-bond donors (Lipinski definition) is 0. The molecule has 0 aromatic heterocycles. The summed E-state index contributed by atoms with van der Waals surface area (Å²) >= 11 is 5.08. The second kappa shape index (κ2) is 5.83. The molecule has 0 rings (SSSR count). The van der Waals surface area contributed by atoms with Gasteiger partial charge in [0.15, 0.2) is 0 Å². The summed E-state index contributed by atoms with van der Waals surface area (Å²) in [6, 6.07) is 0. The van der Waals surface area contributed by atoms with Crippen LogP contribution >= 0.6 is 11.6 Å². The topological polar surface area (TPSA) is 17.1 Å². The van der Waals surface area contributed by atoms with Crippen LogP contribution in [0.15, 0.2) is 12.2 Å². The van der Waals surface area contributed by atoms with Crippen LogP contribution in [0.3, 0.4) is 0 Å². The molecule has 0 aliphatic heterocycles. The molecule has 0 aromatic carbocycles. The monoisotopic (exact) mass is 146 g/mol. The van der Waals surface area contributed by atoms with Crippen LogP contribution in [0.2, 0.25) is 0 Å². The van der Waals surface area contributed by atoms with Gasteiger partial charge in [-0.3, -0.25) is 4.79 Å². The Labute approximate surface area is 60.7 Å². The molecule has 0 heterocycles. The lowest BCUT2D eigenvalue weighted by Crippen LogP contribution is -1.81. The minimum atomic E-state index is -0.254. The Morgan fingerprint density at radius 3 is 2.67 bits per heavy atom. The van der Waals surface area contributed by atoms with E-state index in [0.29, 0.717) is 6.42 Å². The molecule has 0 aliphatic rings. The molecule has 9 heavy (non-hydrogen) atoms. The van der Waals surface area contributed by atoms with E-state index in [4.69, 9.17) is 11.6 Å².